The predicted octanol–water partition coefficient (Wildman–Crippen LogP) is 7.27. The molecule has 0 N–H and O–H groups in total. The Bertz CT molecular complexity index is 1110. The van der Waals surface area contributed by atoms with Gasteiger partial charge in [-0.15, -0.1) is 24.8 Å². The van der Waals surface area contributed by atoms with E-state index in [-0.39, 0.29) is 24.8 Å². The van der Waals surface area contributed by atoms with Crippen molar-refractivity contribution in [3.05, 3.63) is 146 Å². The fraction of sp³-hybridized carbons (Fsp3) is 0. The van der Waals surface area contributed by atoms with Crippen molar-refractivity contribution in [2.24, 2.45) is 0 Å². The van der Waals surface area contributed by atoms with Crippen molar-refractivity contribution < 1.29 is 0 Å². The zero-order chi connectivity index (χ0) is 24.7. The summed E-state index contributed by atoms with van der Waals surface area (Å²) in [6.07, 6.45) is 10.6. The summed E-state index contributed by atoms with van der Waals surface area (Å²) >= 11 is 0. The highest BCUT2D eigenvalue weighted by Gasteiger charge is 1.97. The Labute approximate surface area is 234 Å². The molecule has 0 saturated heterocycles. The van der Waals surface area contributed by atoms with E-state index in [9.17, 15) is 0 Å². The van der Waals surface area contributed by atoms with Crippen molar-refractivity contribution in [2.45, 2.75) is 0 Å². The Morgan fingerprint density at radius 2 is 0.395 bits per heavy atom. The molecule has 0 saturated carbocycles. The molecule has 0 spiro atoms. The summed E-state index contributed by atoms with van der Waals surface area (Å²) in [7, 11) is 0. The van der Waals surface area contributed by atoms with Crippen LogP contribution >= 0.6 is 24.8 Å². The molecule has 6 rings (SSSR count). The number of rotatable bonds is 3. The predicted molar refractivity (Wildman–Crippen MR) is 157 cm³/mol. The minimum absolute atomic E-state index is 0. The zero-order valence-corrected chi connectivity index (χ0v) is 22.0. The lowest BCUT2D eigenvalue weighted by Gasteiger charge is -1.96. The monoisotopic (exact) mass is 540 g/mol. The topological polar surface area (TPSA) is 77.3 Å². The standard InChI is InChI=1S/3C10H8N2.2ClH/c3*1-3-7-11-9(5-1)10-6-2-4-8-12-10;;/h3*1-8H;2*1H. The number of aromatic nitrogens is 6. The molecule has 0 radical (unpaired) electrons. The normalized spacial score (nSPS) is 9.16. The first-order valence-corrected chi connectivity index (χ1v) is 11.4. The van der Waals surface area contributed by atoms with Crippen LogP contribution in [0.3, 0.4) is 0 Å². The highest BCUT2D eigenvalue weighted by Crippen LogP contribution is 2.12. The van der Waals surface area contributed by atoms with Crippen LogP contribution in [0.25, 0.3) is 34.2 Å². The molecule has 0 aliphatic carbocycles. The smallest absolute Gasteiger partial charge is 0.0886 e. The molecule has 38 heavy (non-hydrogen) atoms. The summed E-state index contributed by atoms with van der Waals surface area (Å²) < 4.78 is 0. The quantitative estimate of drug-likeness (QED) is 0.234. The molecule has 6 heterocycles. The fourth-order valence-corrected chi connectivity index (χ4v) is 3.09. The van der Waals surface area contributed by atoms with Gasteiger partial charge in [0.2, 0.25) is 0 Å². The van der Waals surface area contributed by atoms with Crippen molar-refractivity contribution in [1.29, 1.82) is 0 Å². The summed E-state index contributed by atoms with van der Waals surface area (Å²) in [5.74, 6) is 0. The molecule has 8 heteroatoms. The third kappa shape index (κ3) is 9.50. The van der Waals surface area contributed by atoms with Crippen molar-refractivity contribution in [3.63, 3.8) is 0 Å². The van der Waals surface area contributed by atoms with E-state index >= 15 is 0 Å². The molecule has 0 aromatic carbocycles. The number of hydrogen-bond donors (Lipinski definition) is 0. The van der Waals surface area contributed by atoms with E-state index in [4.69, 9.17) is 0 Å². The van der Waals surface area contributed by atoms with Crippen LogP contribution in [-0.4, -0.2) is 29.9 Å². The van der Waals surface area contributed by atoms with Gasteiger partial charge in [0, 0.05) is 37.2 Å². The van der Waals surface area contributed by atoms with Crippen LogP contribution in [0.2, 0.25) is 0 Å². The highest BCUT2D eigenvalue weighted by atomic mass is 35.5. The van der Waals surface area contributed by atoms with Gasteiger partial charge in [-0.1, -0.05) is 36.4 Å². The Balaban J connectivity index is 0.000000195. The molecule has 6 aromatic heterocycles. The third-order valence-corrected chi connectivity index (χ3v) is 4.78. The molecule has 0 fully saturated rings. The van der Waals surface area contributed by atoms with Crippen molar-refractivity contribution in [1.82, 2.24) is 29.9 Å². The Morgan fingerprint density at radius 3 is 0.500 bits per heavy atom. The SMILES string of the molecule is Cl.Cl.c1ccc(-c2ccccn2)nc1.c1ccc(-c2ccccn2)nc1.c1ccc(-c2ccccn2)nc1. The van der Waals surface area contributed by atoms with E-state index in [1.807, 2.05) is 109 Å². The van der Waals surface area contributed by atoms with Crippen LogP contribution in [0, 0.1) is 0 Å². The minimum atomic E-state index is 0. The Kier molecular flexibility index (Phi) is 13.3. The maximum atomic E-state index is 4.19. The molecule has 6 aromatic rings. The van der Waals surface area contributed by atoms with E-state index in [0.717, 1.165) is 34.2 Å². The van der Waals surface area contributed by atoms with Crippen LogP contribution in [0.1, 0.15) is 0 Å². The first kappa shape index (κ1) is 29.7. The van der Waals surface area contributed by atoms with Crippen LogP contribution in [0.5, 0.6) is 0 Å². The molecular formula is C30H26Cl2N6. The van der Waals surface area contributed by atoms with Gasteiger partial charge < -0.3 is 0 Å². The first-order chi connectivity index (χ1) is 17.9. The number of pyridine rings is 6. The van der Waals surface area contributed by atoms with E-state index in [2.05, 4.69) is 29.9 Å². The highest BCUT2D eigenvalue weighted by molar-refractivity contribution is 5.85. The second-order valence-electron chi connectivity index (χ2n) is 7.29. The molecule has 0 unspecified atom stereocenters. The lowest BCUT2D eigenvalue weighted by molar-refractivity contribution is 1.25. The molecule has 0 amide bonds. The van der Waals surface area contributed by atoms with Crippen LogP contribution in [0.15, 0.2) is 146 Å². The second-order valence-corrected chi connectivity index (χ2v) is 7.29. The molecular weight excluding hydrogens is 515 g/mol. The molecule has 190 valence electrons. The maximum Gasteiger partial charge on any atom is 0.0886 e. The summed E-state index contributed by atoms with van der Waals surface area (Å²) in [4.78, 5) is 25.1. The summed E-state index contributed by atoms with van der Waals surface area (Å²) in [6.45, 7) is 0. The summed E-state index contributed by atoms with van der Waals surface area (Å²) in [5.41, 5.74) is 5.49. The minimum Gasteiger partial charge on any atom is -0.255 e. The molecule has 0 atom stereocenters. The van der Waals surface area contributed by atoms with Crippen molar-refractivity contribution in [2.75, 3.05) is 0 Å². The average molecular weight is 541 g/mol. The van der Waals surface area contributed by atoms with E-state index in [0.29, 0.717) is 0 Å². The van der Waals surface area contributed by atoms with Gasteiger partial charge in [0.1, 0.15) is 0 Å². The first-order valence-electron chi connectivity index (χ1n) is 11.4. The van der Waals surface area contributed by atoms with Gasteiger partial charge in [-0.25, -0.2) is 0 Å². The molecule has 6 nitrogen and oxygen atoms in total. The van der Waals surface area contributed by atoms with E-state index in [1.165, 1.54) is 0 Å². The van der Waals surface area contributed by atoms with Crippen LogP contribution in [-0.2, 0) is 0 Å². The van der Waals surface area contributed by atoms with Gasteiger partial charge in [0.25, 0.3) is 0 Å². The van der Waals surface area contributed by atoms with Gasteiger partial charge in [0.15, 0.2) is 0 Å². The third-order valence-electron chi connectivity index (χ3n) is 4.78. The van der Waals surface area contributed by atoms with Gasteiger partial charge in [-0.2, -0.15) is 0 Å². The lowest BCUT2D eigenvalue weighted by Crippen LogP contribution is -1.83. The fourth-order valence-electron chi connectivity index (χ4n) is 3.09. The van der Waals surface area contributed by atoms with Gasteiger partial charge in [-0.05, 0) is 72.8 Å². The number of halogens is 2. The van der Waals surface area contributed by atoms with E-state index < -0.39 is 0 Å². The van der Waals surface area contributed by atoms with E-state index in [1.54, 1.807) is 37.2 Å². The number of hydrogen-bond acceptors (Lipinski definition) is 6. The van der Waals surface area contributed by atoms with Crippen molar-refractivity contribution in [3.8, 4) is 34.2 Å². The van der Waals surface area contributed by atoms with Crippen LogP contribution < -0.4 is 0 Å². The largest absolute Gasteiger partial charge is 0.255 e. The van der Waals surface area contributed by atoms with Gasteiger partial charge >= 0.3 is 0 Å². The maximum absolute atomic E-state index is 4.19. The van der Waals surface area contributed by atoms with Crippen molar-refractivity contribution >= 4 is 24.8 Å². The van der Waals surface area contributed by atoms with Gasteiger partial charge in [-0.3, -0.25) is 29.9 Å². The number of nitrogens with zero attached hydrogens (tertiary/aromatic N) is 6. The molecule has 0 aliphatic heterocycles. The second kappa shape index (κ2) is 17.0. The average Bonchev–Trinajstić information content (AvgIpc) is 3.01. The Morgan fingerprint density at radius 1 is 0.237 bits per heavy atom. The zero-order valence-electron chi connectivity index (χ0n) is 20.4. The van der Waals surface area contributed by atoms with Crippen LogP contribution in [0.4, 0.5) is 0 Å². The molecule has 0 bridgehead atoms. The summed E-state index contributed by atoms with van der Waals surface area (Å²) in [6, 6.07) is 34.8. The lowest BCUT2D eigenvalue weighted by atomic mass is 10.2. The Hall–Kier alpha value is -4.52. The molecule has 0 aliphatic rings. The summed E-state index contributed by atoms with van der Waals surface area (Å²) in [5, 5.41) is 0. The van der Waals surface area contributed by atoms with Gasteiger partial charge in [0.05, 0.1) is 34.2 Å².